The van der Waals surface area contributed by atoms with E-state index in [1.54, 1.807) is 13.2 Å². The third-order valence-electron chi connectivity index (χ3n) is 3.31. The number of anilines is 1. The highest BCUT2D eigenvalue weighted by Gasteiger charge is 2.36. The SMILES string of the molecule is CN(CCC(=O)O)C(=O)C1CC(=O)N(c2cn[nH]c2)C1. The lowest BCUT2D eigenvalue weighted by atomic mass is 10.1. The number of hydrogen-bond acceptors (Lipinski definition) is 4. The molecule has 1 aromatic heterocycles. The van der Waals surface area contributed by atoms with Gasteiger partial charge in [0, 0.05) is 32.8 Å². The summed E-state index contributed by atoms with van der Waals surface area (Å²) in [6.45, 7) is 0.444. The van der Waals surface area contributed by atoms with Crippen LogP contribution in [0.4, 0.5) is 5.69 Å². The molecule has 108 valence electrons. The zero-order chi connectivity index (χ0) is 14.7. The largest absolute Gasteiger partial charge is 0.481 e. The minimum absolute atomic E-state index is 0.103. The maximum atomic E-state index is 12.1. The van der Waals surface area contributed by atoms with E-state index >= 15 is 0 Å². The summed E-state index contributed by atoms with van der Waals surface area (Å²) in [4.78, 5) is 37.4. The summed E-state index contributed by atoms with van der Waals surface area (Å²) >= 11 is 0. The average Bonchev–Trinajstić information content (AvgIpc) is 3.03. The maximum absolute atomic E-state index is 12.1. The molecule has 1 aliphatic rings. The lowest BCUT2D eigenvalue weighted by Crippen LogP contribution is -2.35. The van der Waals surface area contributed by atoms with Crippen molar-refractivity contribution in [2.75, 3.05) is 25.0 Å². The van der Waals surface area contributed by atoms with Crippen LogP contribution in [0.25, 0.3) is 0 Å². The van der Waals surface area contributed by atoms with Gasteiger partial charge in [0.25, 0.3) is 0 Å². The number of aromatic nitrogens is 2. The van der Waals surface area contributed by atoms with Crippen LogP contribution in [0, 0.1) is 5.92 Å². The van der Waals surface area contributed by atoms with Crippen molar-refractivity contribution in [3.05, 3.63) is 12.4 Å². The number of amides is 2. The minimum Gasteiger partial charge on any atom is -0.481 e. The molecule has 0 radical (unpaired) electrons. The second-order valence-corrected chi connectivity index (χ2v) is 4.77. The number of carbonyl (C=O) groups is 3. The first-order valence-corrected chi connectivity index (χ1v) is 6.25. The molecule has 1 unspecified atom stereocenters. The van der Waals surface area contributed by atoms with E-state index in [1.807, 2.05) is 0 Å². The van der Waals surface area contributed by atoms with Crippen molar-refractivity contribution in [2.45, 2.75) is 12.8 Å². The first-order chi connectivity index (χ1) is 9.49. The minimum atomic E-state index is -0.952. The van der Waals surface area contributed by atoms with Crippen LogP contribution >= 0.6 is 0 Å². The molecule has 0 saturated carbocycles. The predicted octanol–water partition coefficient (Wildman–Crippen LogP) is -0.304. The van der Waals surface area contributed by atoms with Crippen molar-refractivity contribution in [2.24, 2.45) is 5.92 Å². The molecular weight excluding hydrogens is 264 g/mol. The second-order valence-electron chi connectivity index (χ2n) is 4.77. The Hall–Kier alpha value is -2.38. The third-order valence-corrected chi connectivity index (χ3v) is 3.31. The highest BCUT2D eigenvalue weighted by Crippen LogP contribution is 2.25. The van der Waals surface area contributed by atoms with Gasteiger partial charge >= 0.3 is 5.97 Å². The Kier molecular flexibility index (Phi) is 4.02. The van der Waals surface area contributed by atoms with Crippen LogP contribution < -0.4 is 4.90 Å². The number of rotatable bonds is 5. The van der Waals surface area contributed by atoms with Crippen LogP contribution in [0.1, 0.15) is 12.8 Å². The van der Waals surface area contributed by atoms with Gasteiger partial charge in [-0.1, -0.05) is 0 Å². The molecule has 20 heavy (non-hydrogen) atoms. The number of aromatic amines is 1. The number of H-pyrrole nitrogens is 1. The fraction of sp³-hybridized carbons (Fsp3) is 0.500. The summed E-state index contributed by atoms with van der Waals surface area (Å²) in [6.07, 6.45) is 3.16. The Labute approximate surface area is 115 Å². The summed E-state index contributed by atoms with van der Waals surface area (Å²) in [5, 5.41) is 15.0. The lowest BCUT2D eigenvalue weighted by Gasteiger charge is -2.20. The fourth-order valence-corrected chi connectivity index (χ4v) is 2.20. The standard InChI is InChI=1S/C12H16N4O4/c1-15(3-2-11(18)19)12(20)8-4-10(17)16(7-8)9-5-13-14-6-9/h5-6,8H,2-4,7H2,1H3,(H,13,14)(H,18,19). The fourth-order valence-electron chi connectivity index (χ4n) is 2.20. The third kappa shape index (κ3) is 2.95. The monoisotopic (exact) mass is 280 g/mol. The average molecular weight is 280 g/mol. The molecule has 8 heteroatoms. The molecule has 1 aromatic rings. The highest BCUT2D eigenvalue weighted by atomic mass is 16.4. The van der Waals surface area contributed by atoms with Crippen LogP contribution in [-0.4, -0.2) is 58.1 Å². The molecule has 0 aliphatic carbocycles. The van der Waals surface area contributed by atoms with Gasteiger partial charge in [0.15, 0.2) is 0 Å². The van der Waals surface area contributed by atoms with E-state index < -0.39 is 11.9 Å². The van der Waals surface area contributed by atoms with Crippen molar-refractivity contribution >= 4 is 23.5 Å². The van der Waals surface area contributed by atoms with E-state index in [-0.39, 0.29) is 31.2 Å². The van der Waals surface area contributed by atoms with Gasteiger partial charge < -0.3 is 14.9 Å². The molecule has 8 nitrogen and oxygen atoms in total. The second kappa shape index (κ2) is 5.72. The van der Waals surface area contributed by atoms with Gasteiger partial charge in [0.1, 0.15) is 0 Å². The highest BCUT2D eigenvalue weighted by molar-refractivity contribution is 6.00. The number of hydrogen-bond donors (Lipinski definition) is 2. The maximum Gasteiger partial charge on any atom is 0.305 e. The molecule has 2 amide bonds. The lowest BCUT2D eigenvalue weighted by molar-refractivity contribution is -0.139. The van der Waals surface area contributed by atoms with Crippen molar-refractivity contribution in [1.29, 1.82) is 0 Å². The summed E-state index contributed by atoms with van der Waals surface area (Å²) < 4.78 is 0. The molecule has 1 aliphatic heterocycles. The van der Waals surface area contributed by atoms with Gasteiger partial charge in [0.2, 0.25) is 11.8 Å². The molecule has 1 fully saturated rings. The zero-order valence-electron chi connectivity index (χ0n) is 11.1. The van der Waals surface area contributed by atoms with E-state index in [9.17, 15) is 14.4 Å². The topological polar surface area (TPSA) is 107 Å². The van der Waals surface area contributed by atoms with E-state index in [0.29, 0.717) is 12.2 Å². The Morgan fingerprint density at radius 1 is 1.60 bits per heavy atom. The quantitative estimate of drug-likeness (QED) is 0.769. The number of carbonyl (C=O) groups excluding carboxylic acids is 2. The Balaban J connectivity index is 1.96. The number of carboxylic acids is 1. The van der Waals surface area contributed by atoms with E-state index in [0.717, 1.165) is 0 Å². The van der Waals surface area contributed by atoms with E-state index in [4.69, 9.17) is 5.11 Å². The van der Waals surface area contributed by atoms with Gasteiger partial charge in [-0.15, -0.1) is 0 Å². The first kappa shape index (κ1) is 14.0. The predicted molar refractivity (Wildman–Crippen MR) is 68.9 cm³/mol. The Morgan fingerprint density at radius 2 is 2.35 bits per heavy atom. The number of carboxylic acid groups (broad SMARTS) is 1. The van der Waals surface area contributed by atoms with Gasteiger partial charge in [-0.25, -0.2) is 0 Å². The van der Waals surface area contributed by atoms with Crippen LogP contribution in [0.3, 0.4) is 0 Å². The Bertz CT molecular complexity index is 514. The number of nitrogens with one attached hydrogen (secondary N) is 1. The van der Waals surface area contributed by atoms with Crippen LogP contribution in [0.2, 0.25) is 0 Å². The molecule has 0 aromatic carbocycles. The van der Waals surface area contributed by atoms with Crippen molar-refractivity contribution in [3.63, 3.8) is 0 Å². The smallest absolute Gasteiger partial charge is 0.305 e. The Morgan fingerprint density at radius 3 is 2.95 bits per heavy atom. The number of aliphatic carboxylic acids is 1. The zero-order valence-corrected chi connectivity index (χ0v) is 11.1. The molecule has 0 spiro atoms. The van der Waals surface area contributed by atoms with Crippen molar-refractivity contribution in [3.8, 4) is 0 Å². The van der Waals surface area contributed by atoms with E-state index in [1.165, 1.54) is 16.0 Å². The van der Waals surface area contributed by atoms with E-state index in [2.05, 4.69) is 10.2 Å². The molecule has 2 rings (SSSR count). The van der Waals surface area contributed by atoms with Crippen LogP contribution in [-0.2, 0) is 14.4 Å². The molecule has 1 saturated heterocycles. The summed E-state index contributed by atoms with van der Waals surface area (Å²) in [6, 6.07) is 0. The van der Waals surface area contributed by atoms with Crippen LogP contribution in [0.15, 0.2) is 12.4 Å². The molecular formula is C12H16N4O4. The molecule has 2 heterocycles. The summed E-state index contributed by atoms with van der Waals surface area (Å²) in [5.41, 5.74) is 0.637. The van der Waals surface area contributed by atoms with Crippen molar-refractivity contribution in [1.82, 2.24) is 15.1 Å². The summed E-state index contributed by atoms with van der Waals surface area (Å²) in [5.74, 6) is -1.72. The van der Waals surface area contributed by atoms with Gasteiger partial charge in [0.05, 0.1) is 24.2 Å². The van der Waals surface area contributed by atoms with Gasteiger partial charge in [-0.05, 0) is 0 Å². The first-order valence-electron chi connectivity index (χ1n) is 6.25. The van der Waals surface area contributed by atoms with Gasteiger partial charge in [-0.2, -0.15) is 5.10 Å². The van der Waals surface area contributed by atoms with Crippen molar-refractivity contribution < 1.29 is 19.5 Å². The molecule has 0 bridgehead atoms. The molecule has 2 N–H and O–H groups in total. The normalized spacial score (nSPS) is 18.4. The summed E-state index contributed by atoms with van der Waals surface area (Å²) in [7, 11) is 1.55. The van der Waals surface area contributed by atoms with Crippen LogP contribution in [0.5, 0.6) is 0 Å². The van der Waals surface area contributed by atoms with Gasteiger partial charge in [-0.3, -0.25) is 19.5 Å². The number of nitrogens with zero attached hydrogens (tertiary/aromatic N) is 3. The molecule has 1 atom stereocenters.